The zero-order valence-electron chi connectivity index (χ0n) is 15.5. The Morgan fingerprint density at radius 2 is 1.88 bits per heavy atom. The first-order valence-electron chi connectivity index (χ1n) is 8.79. The molecule has 0 saturated carbocycles. The number of rotatable bonds is 7. The van der Waals surface area contributed by atoms with Gasteiger partial charge in [-0.3, -0.25) is 9.69 Å². The van der Waals surface area contributed by atoms with Crippen LogP contribution in [-0.4, -0.2) is 74.0 Å². The number of carbonyl (C=O) groups excluding carboxylic acids is 1. The molecule has 0 N–H and O–H groups in total. The second-order valence-electron chi connectivity index (χ2n) is 7.07. The zero-order chi connectivity index (χ0) is 17.5. The van der Waals surface area contributed by atoms with Gasteiger partial charge in [-0.2, -0.15) is 0 Å². The summed E-state index contributed by atoms with van der Waals surface area (Å²) in [5.74, 6) is 1.71. The van der Waals surface area contributed by atoms with E-state index in [1.54, 1.807) is 12.0 Å². The van der Waals surface area contributed by atoms with Crippen LogP contribution in [0, 0.1) is 5.92 Å². The summed E-state index contributed by atoms with van der Waals surface area (Å²) in [4.78, 5) is 19.0. The Morgan fingerprint density at radius 1 is 1.21 bits per heavy atom. The fraction of sp³-hybridized carbons (Fsp3) is 0.632. The summed E-state index contributed by atoms with van der Waals surface area (Å²) in [5.41, 5.74) is 1.09. The molecule has 0 radical (unpaired) electrons. The molecule has 134 valence electrons. The van der Waals surface area contributed by atoms with Crippen molar-refractivity contribution in [2.45, 2.75) is 20.4 Å². The fourth-order valence-corrected chi connectivity index (χ4v) is 3.09. The minimum atomic E-state index is 0.176. The molecule has 0 unspecified atom stereocenters. The van der Waals surface area contributed by atoms with Gasteiger partial charge in [-0.1, -0.05) is 26.0 Å². The van der Waals surface area contributed by atoms with Gasteiger partial charge in [0, 0.05) is 46.3 Å². The van der Waals surface area contributed by atoms with Crippen LogP contribution in [0.4, 0.5) is 0 Å². The summed E-state index contributed by atoms with van der Waals surface area (Å²) in [6.45, 7) is 10.9. The molecule has 5 heteroatoms. The van der Waals surface area contributed by atoms with Gasteiger partial charge in [0.25, 0.3) is 0 Å². The van der Waals surface area contributed by atoms with Gasteiger partial charge in [0.2, 0.25) is 5.91 Å². The van der Waals surface area contributed by atoms with Crippen molar-refractivity contribution >= 4 is 5.91 Å². The number of ether oxygens (including phenoxy) is 1. The quantitative estimate of drug-likeness (QED) is 0.764. The third kappa shape index (κ3) is 5.80. The number of carbonyl (C=O) groups is 1. The topological polar surface area (TPSA) is 36.0 Å². The Morgan fingerprint density at radius 3 is 2.50 bits per heavy atom. The van der Waals surface area contributed by atoms with Gasteiger partial charge in [-0.25, -0.2) is 0 Å². The summed E-state index contributed by atoms with van der Waals surface area (Å²) in [6, 6.07) is 7.88. The maximum atomic E-state index is 12.5. The van der Waals surface area contributed by atoms with E-state index in [9.17, 15) is 4.79 Å². The molecule has 1 aliphatic heterocycles. The standard InChI is InChI=1S/C19H31N3O2/c1-16(2)13-21-8-10-22(11-9-21)15-19(23)20(3)14-17-6-5-7-18(12-17)24-4/h5-7,12,16H,8-11,13-15H2,1-4H3. The average Bonchev–Trinajstić information content (AvgIpc) is 2.56. The number of hydrogen-bond donors (Lipinski definition) is 0. The number of hydrogen-bond acceptors (Lipinski definition) is 4. The summed E-state index contributed by atoms with van der Waals surface area (Å²) in [6.07, 6.45) is 0. The minimum absolute atomic E-state index is 0.176. The number of piperazine rings is 1. The number of amides is 1. The summed E-state index contributed by atoms with van der Waals surface area (Å²) >= 11 is 0. The third-order valence-electron chi connectivity index (χ3n) is 4.43. The number of methoxy groups -OCH3 is 1. The highest BCUT2D eigenvalue weighted by molar-refractivity contribution is 5.78. The number of benzene rings is 1. The van der Waals surface area contributed by atoms with Crippen molar-refractivity contribution in [3.63, 3.8) is 0 Å². The van der Waals surface area contributed by atoms with Gasteiger partial charge in [-0.05, 0) is 23.6 Å². The van der Waals surface area contributed by atoms with Gasteiger partial charge in [0.1, 0.15) is 5.75 Å². The predicted octanol–water partition coefficient (Wildman–Crippen LogP) is 1.93. The fourth-order valence-electron chi connectivity index (χ4n) is 3.09. The molecule has 0 bridgehead atoms. The van der Waals surface area contributed by atoms with E-state index < -0.39 is 0 Å². The Hall–Kier alpha value is -1.59. The maximum absolute atomic E-state index is 12.5. The highest BCUT2D eigenvalue weighted by Gasteiger charge is 2.20. The van der Waals surface area contributed by atoms with Crippen molar-refractivity contribution in [1.82, 2.24) is 14.7 Å². The molecule has 0 spiro atoms. The SMILES string of the molecule is COc1cccc(CN(C)C(=O)CN2CCN(CC(C)C)CC2)c1. The van der Waals surface area contributed by atoms with Crippen LogP contribution in [0.25, 0.3) is 0 Å². The van der Waals surface area contributed by atoms with E-state index in [1.807, 2.05) is 31.3 Å². The maximum Gasteiger partial charge on any atom is 0.236 e. The number of nitrogens with zero attached hydrogens (tertiary/aromatic N) is 3. The molecule has 1 aromatic carbocycles. The second-order valence-corrected chi connectivity index (χ2v) is 7.07. The highest BCUT2D eigenvalue weighted by atomic mass is 16.5. The van der Waals surface area contributed by atoms with Crippen LogP contribution >= 0.6 is 0 Å². The molecule has 1 aliphatic rings. The van der Waals surface area contributed by atoms with E-state index in [0.29, 0.717) is 19.0 Å². The first-order chi connectivity index (χ1) is 11.5. The van der Waals surface area contributed by atoms with Crippen molar-refractivity contribution in [3.05, 3.63) is 29.8 Å². The Labute approximate surface area is 146 Å². The van der Waals surface area contributed by atoms with Crippen LogP contribution in [0.15, 0.2) is 24.3 Å². The summed E-state index contributed by atoms with van der Waals surface area (Å²) < 4.78 is 5.24. The second kappa shape index (κ2) is 9.04. The van der Waals surface area contributed by atoms with Crippen molar-refractivity contribution in [3.8, 4) is 5.75 Å². The van der Waals surface area contributed by atoms with Gasteiger partial charge < -0.3 is 14.5 Å². The minimum Gasteiger partial charge on any atom is -0.497 e. The molecule has 1 fully saturated rings. The molecule has 5 nitrogen and oxygen atoms in total. The molecule has 0 atom stereocenters. The first kappa shape index (κ1) is 18.7. The van der Waals surface area contributed by atoms with Crippen molar-refractivity contribution < 1.29 is 9.53 Å². The molecule has 0 aromatic heterocycles. The van der Waals surface area contributed by atoms with Gasteiger partial charge in [0.15, 0.2) is 0 Å². The van der Waals surface area contributed by atoms with Crippen LogP contribution in [-0.2, 0) is 11.3 Å². The Kier molecular flexibility index (Phi) is 7.06. The lowest BCUT2D eigenvalue weighted by Gasteiger charge is -2.35. The molecule has 1 saturated heterocycles. The van der Waals surface area contributed by atoms with E-state index in [4.69, 9.17) is 4.74 Å². The summed E-state index contributed by atoms with van der Waals surface area (Å²) in [5, 5.41) is 0. The van der Waals surface area contributed by atoms with E-state index >= 15 is 0 Å². The van der Waals surface area contributed by atoms with Crippen molar-refractivity contribution in [2.75, 3.05) is 53.4 Å². The molecule has 24 heavy (non-hydrogen) atoms. The molecule has 2 rings (SSSR count). The van der Waals surface area contributed by atoms with Gasteiger partial charge in [0.05, 0.1) is 13.7 Å². The lowest BCUT2D eigenvalue weighted by atomic mass is 10.2. The molecule has 1 amide bonds. The van der Waals surface area contributed by atoms with Crippen LogP contribution in [0.2, 0.25) is 0 Å². The normalized spacial score (nSPS) is 16.4. The predicted molar refractivity (Wildman–Crippen MR) is 97.2 cm³/mol. The van der Waals surface area contributed by atoms with E-state index in [2.05, 4.69) is 23.6 Å². The molecule has 0 aliphatic carbocycles. The van der Waals surface area contributed by atoms with Crippen LogP contribution in [0.3, 0.4) is 0 Å². The molecule has 1 heterocycles. The summed E-state index contributed by atoms with van der Waals surface area (Å²) in [7, 11) is 3.53. The van der Waals surface area contributed by atoms with Crippen LogP contribution < -0.4 is 4.74 Å². The lowest BCUT2D eigenvalue weighted by molar-refractivity contribution is -0.132. The van der Waals surface area contributed by atoms with Gasteiger partial charge in [-0.15, -0.1) is 0 Å². The monoisotopic (exact) mass is 333 g/mol. The first-order valence-corrected chi connectivity index (χ1v) is 8.79. The van der Waals surface area contributed by atoms with E-state index in [0.717, 1.165) is 44.0 Å². The third-order valence-corrected chi connectivity index (χ3v) is 4.43. The largest absolute Gasteiger partial charge is 0.497 e. The van der Waals surface area contributed by atoms with Crippen LogP contribution in [0.5, 0.6) is 5.75 Å². The van der Waals surface area contributed by atoms with E-state index in [-0.39, 0.29) is 5.91 Å². The smallest absolute Gasteiger partial charge is 0.236 e. The van der Waals surface area contributed by atoms with Gasteiger partial charge >= 0.3 is 0 Å². The van der Waals surface area contributed by atoms with Crippen molar-refractivity contribution in [2.24, 2.45) is 5.92 Å². The zero-order valence-corrected chi connectivity index (χ0v) is 15.5. The average molecular weight is 333 g/mol. The Balaban J connectivity index is 1.77. The number of likely N-dealkylation sites (N-methyl/N-ethyl adjacent to an activating group) is 1. The van der Waals surface area contributed by atoms with Crippen molar-refractivity contribution in [1.29, 1.82) is 0 Å². The molecule has 1 aromatic rings. The molecular formula is C19H31N3O2. The highest BCUT2D eigenvalue weighted by Crippen LogP contribution is 2.14. The lowest BCUT2D eigenvalue weighted by Crippen LogP contribution is -2.50. The molecular weight excluding hydrogens is 302 g/mol. The van der Waals surface area contributed by atoms with Crippen LogP contribution in [0.1, 0.15) is 19.4 Å². The van der Waals surface area contributed by atoms with E-state index in [1.165, 1.54) is 0 Å². The Bertz CT molecular complexity index is 525.